The number of hydrogen-bond acceptors (Lipinski definition) is 1. The zero-order valence-corrected chi connectivity index (χ0v) is 14.4. The molecule has 0 fully saturated rings. The maximum atomic E-state index is 3.38. The molecule has 0 saturated carbocycles. The Hall–Kier alpha value is -2.45. The zero-order chi connectivity index (χ0) is 16.4. The Morgan fingerprint density at radius 3 is 2.50 bits per heavy atom. The smallest absolute Gasteiger partial charge is 0.0456 e. The Bertz CT molecular complexity index is 970. The van der Waals surface area contributed by atoms with Crippen molar-refractivity contribution in [3.8, 4) is 11.1 Å². The van der Waals surface area contributed by atoms with Crippen LogP contribution in [-0.4, -0.2) is 4.98 Å². The quantitative estimate of drug-likeness (QED) is 0.426. The lowest BCUT2D eigenvalue weighted by atomic mass is 10.0. The fourth-order valence-corrected chi connectivity index (χ4v) is 3.84. The first-order valence-electron chi connectivity index (χ1n) is 8.14. The Labute approximate surface area is 146 Å². The van der Waals surface area contributed by atoms with Crippen molar-refractivity contribution in [1.82, 2.24) is 4.98 Å². The van der Waals surface area contributed by atoms with Gasteiger partial charge in [0, 0.05) is 27.2 Å². The van der Waals surface area contributed by atoms with Gasteiger partial charge in [-0.3, -0.25) is 0 Å². The number of H-pyrrole nitrogens is 1. The van der Waals surface area contributed by atoms with Crippen LogP contribution >= 0.6 is 11.8 Å². The summed E-state index contributed by atoms with van der Waals surface area (Å²) in [6.07, 6.45) is 0. The number of thioether (sulfide) groups is 1. The molecule has 0 aliphatic rings. The van der Waals surface area contributed by atoms with Crippen molar-refractivity contribution in [1.29, 1.82) is 0 Å². The molecule has 4 rings (SSSR count). The van der Waals surface area contributed by atoms with E-state index in [1.54, 1.807) is 0 Å². The molecule has 1 aromatic heterocycles. The van der Waals surface area contributed by atoms with E-state index in [1.165, 1.54) is 38.2 Å². The molecule has 24 heavy (non-hydrogen) atoms. The van der Waals surface area contributed by atoms with Crippen LogP contribution in [0.4, 0.5) is 0 Å². The molecule has 0 saturated heterocycles. The summed E-state index contributed by atoms with van der Waals surface area (Å²) >= 11 is 1.88. The van der Waals surface area contributed by atoms with Gasteiger partial charge in [-0.1, -0.05) is 48.5 Å². The zero-order valence-electron chi connectivity index (χ0n) is 13.6. The van der Waals surface area contributed by atoms with Crippen LogP contribution in [0.15, 0.2) is 83.8 Å². The van der Waals surface area contributed by atoms with Gasteiger partial charge in [0.2, 0.25) is 0 Å². The molecule has 3 aromatic carbocycles. The molecule has 0 spiro atoms. The van der Waals surface area contributed by atoms with Crippen molar-refractivity contribution in [3.63, 3.8) is 0 Å². The van der Waals surface area contributed by atoms with Crippen molar-refractivity contribution < 1.29 is 0 Å². The van der Waals surface area contributed by atoms with Gasteiger partial charge in [0.1, 0.15) is 0 Å². The molecular formula is C22H19NS. The number of benzene rings is 3. The molecule has 1 heterocycles. The lowest BCUT2D eigenvalue weighted by Gasteiger charge is -2.06. The van der Waals surface area contributed by atoms with E-state index >= 15 is 0 Å². The molecule has 1 N–H and O–H groups in total. The second-order valence-corrected chi connectivity index (χ2v) is 7.11. The highest BCUT2D eigenvalue weighted by Crippen LogP contribution is 2.28. The van der Waals surface area contributed by atoms with Crippen LogP contribution in [0, 0.1) is 6.92 Å². The first-order valence-corrected chi connectivity index (χ1v) is 9.13. The van der Waals surface area contributed by atoms with Crippen LogP contribution in [0.5, 0.6) is 0 Å². The van der Waals surface area contributed by atoms with Gasteiger partial charge in [-0.05, 0) is 53.9 Å². The van der Waals surface area contributed by atoms with Crippen molar-refractivity contribution >= 4 is 22.7 Å². The number of fused-ring (bicyclic) bond motifs is 1. The third-order valence-electron chi connectivity index (χ3n) is 4.16. The van der Waals surface area contributed by atoms with Crippen LogP contribution in [0.1, 0.15) is 11.3 Å². The molecule has 2 heteroatoms. The Balaban J connectivity index is 1.58. The van der Waals surface area contributed by atoms with E-state index in [0.29, 0.717) is 0 Å². The Morgan fingerprint density at radius 1 is 0.792 bits per heavy atom. The molecule has 0 amide bonds. The minimum atomic E-state index is 0.989. The maximum Gasteiger partial charge on any atom is 0.0456 e. The average Bonchev–Trinajstić information content (AvgIpc) is 3.00. The van der Waals surface area contributed by atoms with Gasteiger partial charge in [-0.25, -0.2) is 0 Å². The number of nitrogens with one attached hydrogen (secondary N) is 1. The third kappa shape index (κ3) is 3.24. The number of hydrogen-bond donors (Lipinski definition) is 1. The van der Waals surface area contributed by atoms with Crippen molar-refractivity contribution in [2.24, 2.45) is 0 Å². The maximum absolute atomic E-state index is 3.38. The highest BCUT2D eigenvalue weighted by molar-refractivity contribution is 7.98. The minimum absolute atomic E-state index is 0.989. The van der Waals surface area contributed by atoms with Crippen molar-refractivity contribution in [2.75, 3.05) is 0 Å². The second-order valence-electron chi connectivity index (χ2n) is 6.06. The summed E-state index contributed by atoms with van der Waals surface area (Å²) in [5.74, 6) is 0.989. The molecule has 0 radical (unpaired) electrons. The van der Waals surface area contributed by atoms with E-state index in [4.69, 9.17) is 0 Å². The van der Waals surface area contributed by atoms with Gasteiger partial charge in [0.25, 0.3) is 0 Å². The summed E-state index contributed by atoms with van der Waals surface area (Å²) in [7, 11) is 0. The summed E-state index contributed by atoms with van der Waals surface area (Å²) in [4.78, 5) is 4.70. The fourth-order valence-electron chi connectivity index (χ4n) is 2.98. The first kappa shape index (κ1) is 15.1. The lowest BCUT2D eigenvalue weighted by Crippen LogP contribution is -1.84. The highest BCUT2D eigenvalue weighted by atomic mass is 32.2. The molecule has 0 aliphatic carbocycles. The number of rotatable bonds is 4. The molecule has 0 aliphatic heterocycles. The standard InChI is InChI=1S/C22H19NS/c1-16-12-20-14-19(10-11-22(20)23-16)18-7-5-6-17(13-18)15-24-21-8-3-2-4-9-21/h2-14,23H,15H2,1H3. The summed E-state index contributed by atoms with van der Waals surface area (Å²) in [6.45, 7) is 2.10. The van der Waals surface area contributed by atoms with Gasteiger partial charge in [0.05, 0.1) is 0 Å². The van der Waals surface area contributed by atoms with Crippen LogP contribution in [0.3, 0.4) is 0 Å². The number of aryl methyl sites for hydroxylation is 1. The van der Waals surface area contributed by atoms with E-state index in [2.05, 4.69) is 90.8 Å². The molecule has 4 aromatic rings. The molecular weight excluding hydrogens is 310 g/mol. The van der Waals surface area contributed by atoms with Crippen LogP contribution < -0.4 is 0 Å². The van der Waals surface area contributed by atoms with Gasteiger partial charge in [0.15, 0.2) is 0 Å². The molecule has 1 nitrogen and oxygen atoms in total. The SMILES string of the molecule is Cc1cc2cc(-c3cccc(CSc4ccccc4)c3)ccc2[nH]1. The summed E-state index contributed by atoms with van der Waals surface area (Å²) < 4.78 is 0. The van der Waals surface area contributed by atoms with Crippen molar-refractivity contribution in [2.45, 2.75) is 17.6 Å². The summed E-state index contributed by atoms with van der Waals surface area (Å²) in [5.41, 5.74) is 6.31. The van der Waals surface area contributed by atoms with E-state index in [1.807, 2.05) is 11.8 Å². The summed E-state index contributed by atoms with van der Waals surface area (Å²) in [6, 6.07) is 28.3. The van der Waals surface area contributed by atoms with Crippen LogP contribution in [0.2, 0.25) is 0 Å². The molecule has 0 unspecified atom stereocenters. The van der Waals surface area contributed by atoms with Crippen LogP contribution in [-0.2, 0) is 5.75 Å². The summed E-state index contributed by atoms with van der Waals surface area (Å²) in [5, 5.41) is 1.27. The minimum Gasteiger partial charge on any atom is -0.359 e. The molecule has 0 bridgehead atoms. The molecule has 118 valence electrons. The van der Waals surface area contributed by atoms with Gasteiger partial charge >= 0.3 is 0 Å². The second kappa shape index (κ2) is 6.58. The largest absolute Gasteiger partial charge is 0.359 e. The average molecular weight is 329 g/mol. The van der Waals surface area contributed by atoms with E-state index in [9.17, 15) is 0 Å². The third-order valence-corrected chi connectivity index (χ3v) is 5.25. The number of aromatic nitrogens is 1. The monoisotopic (exact) mass is 329 g/mol. The van der Waals surface area contributed by atoms with E-state index < -0.39 is 0 Å². The van der Waals surface area contributed by atoms with E-state index in [-0.39, 0.29) is 0 Å². The lowest BCUT2D eigenvalue weighted by molar-refractivity contribution is 1.30. The number of aromatic amines is 1. The first-order chi connectivity index (χ1) is 11.8. The molecule has 0 atom stereocenters. The van der Waals surface area contributed by atoms with Gasteiger partial charge in [-0.2, -0.15) is 0 Å². The predicted octanol–water partition coefficient (Wildman–Crippen LogP) is 6.44. The normalized spacial score (nSPS) is 11.0. The van der Waals surface area contributed by atoms with Gasteiger partial charge < -0.3 is 4.98 Å². The topological polar surface area (TPSA) is 15.8 Å². The Morgan fingerprint density at radius 2 is 1.62 bits per heavy atom. The van der Waals surface area contributed by atoms with Crippen molar-refractivity contribution in [3.05, 3.63) is 90.1 Å². The fraction of sp³-hybridized carbons (Fsp3) is 0.0909. The van der Waals surface area contributed by atoms with E-state index in [0.717, 1.165) is 5.75 Å². The predicted molar refractivity (Wildman–Crippen MR) is 104 cm³/mol. The Kier molecular flexibility index (Phi) is 4.14. The van der Waals surface area contributed by atoms with Gasteiger partial charge in [-0.15, -0.1) is 11.8 Å². The highest BCUT2D eigenvalue weighted by Gasteiger charge is 2.03. The van der Waals surface area contributed by atoms with Crippen LogP contribution in [0.25, 0.3) is 22.0 Å².